The summed E-state index contributed by atoms with van der Waals surface area (Å²) in [5.74, 6) is 0. The first kappa shape index (κ1) is 20.7. The van der Waals surface area contributed by atoms with Crippen molar-refractivity contribution in [2.75, 3.05) is 73.2 Å². The fourth-order valence-corrected chi connectivity index (χ4v) is 4.24. The summed E-state index contributed by atoms with van der Waals surface area (Å²) < 4.78 is 20.7. The molecule has 0 N–H and O–H groups in total. The largest absolute Gasteiger partial charge is 0.356 e. The summed E-state index contributed by atoms with van der Waals surface area (Å²) in [7, 11) is 10.7. The lowest BCUT2D eigenvalue weighted by molar-refractivity contribution is -0.0848. The fourth-order valence-electron chi connectivity index (χ4n) is 1.62. The number of ether oxygens (including phenoxy) is 4. The summed E-state index contributed by atoms with van der Waals surface area (Å²) in [6.07, 6.45) is 4.32. The molecule has 0 radical (unpaired) electrons. The van der Waals surface area contributed by atoms with Gasteiger partial charge in [0.15, 0.2) is 12.6 Å². The first-order valence-corrected chi connectivity index (χ1v) is 9.71. The van der Waals surface area contributed by atoms with Crippen molar-refractivity contribution in [3.05, 3.63) is 0 Å². The summed E-state index contributed by atoms with van der Waals surface area (Å²) in [6, 6.07) is 0. The molecule has 0 aliphatic rings. The van der Waals surface area contributed by atoms with E-state index in [-0.39, 0.29) is 12.6 Å². The maximum atomic E-state index is 5.18. The van der Waals surface area contributed by atoms with Crippen LogP contribution in [-0.2, 0) is 18.9 Å². The van der Waals surface area contributed by atoms with Gasteiger partial charge in [-0.3, -0.25) is 0 Å². The Bertz CT molecular complexity index is 185. The van der Waals surface area contributed by atoms with Gasteiger partial charge in [-0.05, 0) is 19.4 Å². The quantitative estimate of drug-likeness (QED) is 0.275. The zero-order valence-corrected chi connectivity index (χ0v) is 15.5. The van der Waals surface area contributed by atoms with Crippen LogP contribution in [0.2, 0.25) is 0 Å². The Balaban J connectivity index is 3.43. The molecule has 0 amide bonds. The highest BCUT2D eigenvalue weighted by atomic mass is 31.1. The van der Waals surface area contributed by atoms with Crippen molar-refractivity contribution in [1.29, 1.82) is 0 Å². The lowest BCUT2D eigenvalue weighted by atomic mass is 10.6. The Morgan fingerprint density at radius 1 is 0.750 bits per heavy atom. The average Bonchev–Trinajstić information content (AvgIpc) is 2.47. The second-order valence-corrected chi connectivity index (χ2v) is 7.33. The van der Waals surface area contributed by atoms with Gasteiger partial charge in [0, 0.05) is 53.9 Å². The van der Waals surface area contributed by atoms with Crippen molar-refractivity contribution in [2.24, 2.45) is 0 Å². The Hall–Kier alpha value is 0.660. The van der Waals surface area contributed by atoms with Crippen LogP contribution < -0.4 is 0 Å². The van der Waals surface area contributed by atoms with Crippen LogP contribution in [0.3, 0.4) is 0 Å². The third-order valence-corrected chi connectivity index (χ3v) is 5.41. The Morgan fingerprint density at radius 3 is 1.40 bits per heavy atom. The molecule has 0 aliphatic carbocycles. The molecule has 0 heterocycles. The smallest absolute Gasteiger partial charge is 0.160 e. The zero-order chi connectivity index (χ0) is 15.2. The molecule has 0 aromatic heterocycles. The van der Waals surface area contributed by atoms with Crippen LogP contribution in [0.4, 0.5) is 0 Å². The molecular formula is C13H31NO4P2. The zero-order valence-electron chi connectivity index (χ0n) is 13.5. The molecule has 122 valence electrons. The Kier molecular flexibility index (Phi) is 15.1. The van der Waals surface area contributed by atoms with E-state index in [4.69, 9.17) is 18.9 Å². The van der Waals surface area contributed by atoms with Gasteiger partial charge in [-0.1, -0.05) is 0 Å². The number of methoxy groups -OCH3 is 4. The summed E-state index contributed by atoms with van der Waals surface area (Å²) in [6.45, 7) is 2.28. The van der Waals surface area contributed by atoms with Crippen molar-refractivity contribution in [2.45, 2.75) is 12.6 Å². The van der Waals surface area contributed by atoms with Crippen molar-refractivity contribution < 1.29 is 18.9 Å². The van der Waals surface area contributed by atoms with E-state index in [0.29, 0.717) is 0 Å². The Morgan fingerprint density at radius 2 is 1.10 bits per heavy atom. The van der Waals surface area contributed by atoms with E-state index in [9.17, 15) is 0 Å². The van der Waals surface area contributed by atoms with Gasteiger partial charge in [0.1, 0.15) is 0 Å². The number of hydrogen-bond acceptors (Lipinski definition) is 5. The highest BCUT2D eigenvalue weighted by Gasteiger charge is 2.06. The van der Waals surface area contributed by atoms with Gasteiger partial charge >= 0.3 is 0 Å². The van der Waals surface area contributed by atoms with Gasteiger partial charge in [-0.2, -0.15) is 0 Å². The Labute approximate surface area is 127 Å². The maximum absolute atomic E-state index is 5.18. The minimum absolute atomic E-state index is 0.0415. The number of hydrogen-bond donors (Lipinski definition) is 0. The van der Waals surface area contributed by atoms with Crippen molar-refractivity contribution in [3.8, 4) is 0 Å². The van der Waals surface area contributed by atoms with E-state index >= 15 is 0 Å². The van der Waals surface area contributed by atoms with Crippen molar-refractivity contribution in [3.63, 3.8) is 0 Å². The lowest BCUT2D eigenvalue weighted by Crippen LogP contribution is -2.25. The molecule has 20 heavy (non-hydrogen) atoms. The molecule has 0 saturated heterocycles. The monoisotopic (exact) mass is 327 g/mol. The SMILES string of the molecule is COC(CPCCN(C)CCPCC(OC)OC)OC. The van der Waals surface area contributed by atoms with Crippen LogP contribution in [0, 0.1) is 0 Å². The van der Waals surface area contributed by atoms with Gasteiger partial charge in [0.25, 0.3) is 0 Å². The van der Waals surface area contributed by atoms with Gasteiger partial charge in [-0.15, -0.1) is 17.2 Å². The van der Waals surface area contributed by atoms with E-state index in [1.165, 1.54) is 12.3 Å². The molecule has 0 aromatic carbocycles. The minimum atomic E-state index is -0.0415. The average molecular weight is 327 g/mol. The molecule has 7 heteroatoms. The first-order valence-electron chi connectivity index (χ1n) is 6.89. The molecule has 0 rings (SSSR count). The van der Waals surface area contributed by atoms with Gasteiger partial charge in [-0.25, -0.2) is 0 Å². The van der Waals surface area contributed by atoms with Crippen molar-refractivity contribution >= 4 is 17.2 Å². The number of rotatable bonds is 14. The normalized spacial score (nSPS) is 13.2. The highest BCUT2D eigenvalue weighted by Crippen LogP contribution is 2.15. The molecule has 0 spiro atoms. The molecule has 0 bridgehead atoms. The molecule has 0 aliphatic heterocycles. The highest BCUT2D eigenvalue weighted by molar-refractivity contribution is 7.38. The van der Waals surface area contributed by atoms with Gasteiger partial charge in [0.05, 0.1) is 0 Å². The van der Waals surface area contributed by atoms with E-state index in [1.807, 2.05) is 0 Å². The van der Waals surface area contributed by atoms with E-state index in [2.05, 4.69) is 11.9 Å². The summed E-state index contributed by atoms with van der Waals surface area (Å²) >= 11 is 0. The standard InChI is InChI=1S/C13H31NO4P2/c1-14(6-8-19-10-12(15-2)16-3)7-9-20-11-13(17-4)18-5/h12-13,19-20H,6-11H2,1-5H3. The molecule has 0 fully saturated rings. The molecule has 0 saturated carbocycles. The molecule has 5 nitrogen and oxygen atoms in total. The predicted molar refractivity (Wildman–Crippen MR) is 89.2 cm³/mol. The summed E-state index contributed by atoms with van der Waals surface area (Å²) in [4.78, 5) is 2.39. The van der Waals surface area contributed by atoms with E-state index < -0.39 is 0 Å². The lowest BCUT2D eigenvalue weighted by Gasteiger charge is -2.18. The van der Waals surface area contributed by atoms with Gasteiger partial charge < -0.3 is 23.8 Å². The molecule has 2 atom stereocenters. The van der Waals surface area contributed by atoms with Crippen LogP contribution >= 0.6 is 17.2 Å². The summed E-state index contributed by atoms with van der Waals surface area (Å²) in [5.41, 5.74) is 0. The minimum Gasteiger partial charge on any atom is -0.356 e. The number of nitrogens with zero attached hydrogens (tertiary/aromatic N) is 1. The van der Waals surface area contributed by atoms with Crippen molar-refractivity contribution in [1.82, 2.24) is 4.90 Å². The molecule has 0 aromatic rings. The fraction of sp³-hybridized carbons (Fsp3) is 1.00. The first-order chi connectivity index (χ1) is 9.67. The van der Waals surface area contributed by atoms with E-state index in [1.54, 1.807) is 28.4 Å². The second kappa shape index (κ2) is 14.6. The third kappa shape index (κ3) is 11.3. The van der Waals surface area contributed by atoms with Crippen LogP contribution in [0.25, 0.3) is 0 Å². The second-order valence-electron chi connectivity index (χ2n) is 4.51. The van der Waals surface area contributed by atoms with Crippen LogP contribution in [0.1, 0.15) is 0 Å². The van der Waals surface area contributed by atoms with Crippen LogP contribution in [0.5, 0.6) is 0 Å². The van der Waals surface area contributed by atoms with Gasteiger partial charge in [0.2, 0.25) is 0 Å². The maximum Gasteiger partial charge on any atom is 0.160 e. The molecular weight excluding hydrogens is 296 g/mol. The molecule has 2 unspecified atom stereocenters. The van der Waals surface area contributed by atoms with Crippen LogP contribution in [0.15, 0.2) is 0 Å². The topological polar surface area (TPSA) is 40.2 Å². The summed E-state index contributed by atoms with van der Waals surface area (Å²) in [5, 5.41) is 0. The van der Waals surface area contributed by atoms with E-state index in [0.717, 1.165) is 42.6 Å². The third-order valence-electron chi connectivity index (χ3n) is 3.01. The predicted octanol–water partition coefficient (Wildman–Crippen LogP) is 1.51. The van der Waals surface area contributed by atoms with Crippen LogP contribution in [-0.4, -0.2) is 90.7 Å².